The molecule has 0 atom stereocenters. The van der Waals surface area contributed by atoms with Gasteiger partial charge in [0.15, 0.2) is 0 Å². The molecule has 0 aliphatic heterocycles. The fourth-order valence-electron chi connectivity index (χ4n) is 9.33. The van der Waals surface area contributed by atoms with Crippen molar-refractivity contribution < 1.29 is 0 Å². The lowest BCUT2D eigenvalue weighted by Gasteiger charge is -2.15. The van der Waals surface area contributed by atoms with Crippen LogP contribution in [-0.4, -0.2) is 14.1 Å². The van der Waals surface area contributed by atoms with Crippen LogP contribution in [-0.2, 0) is 0 Å². The highest BCUT2D eigenvalue weighted by Crippen LogP contribution is 2.49. The van der Waals surface area contributed by atoms with E-state index < -0.39 is 0 Å². The summed E-state index contributed by atoms with van der Waals surface area (Å²) in [6, 6.07) is 70.8. The number of rotatable bonds is 4. The molecule has 3 nitrogen and oxygen atoms in total. The molecule has 0 N–H and O–H groups in total. The number of nitrogens with zero attached hydrogens (tertiary/aromatic N) is 3. The van der Waals surface area contributed by atoms with E-state index >= 15 is 0 Å². The Kier molecular flexibility index (Phi) is 6.63. The topological polar surface area (TPSA) is 22.8 Å². The monoisotopic (exact) mass is 711 g/mol. The van der Waals surface area contributed by atoms with Gasteiger partial charge in [0.2, 0.25) is 0 Å². The molecule has 3 aromatic heterocycles. The summed E-state index contributed by atoms with van der Waals surface area (Å²) >= 11 is 0. The van der Waals surface area contributed by atoms with Crippen LogP contribution in [0.3, 0.4) is 0 Å². The molecule has 0 aliphatic carbocycles. The molecule has 0 unspecified atom stereocenters. The summed E-state index contributed by atoms with van der Waals surface area (Å²) < 4.78 is 5.02. The lowest BCUT2D eigenvalue weighted by molar-refractivity contribution is 1.18. The molecule has 56 heavy (non-hydrogen) atoms. The van der Waals surface area contributed by atoms with Crippen molar-refractivity contribution in [3.63, 3.8) is 0 Å². The van der Waals surface area contributed by atoms with Gasteiger partial charge in [0.1, 0.15) is 0 Å². The predicted molar refractivity (Wildman–Crippen MR) is 236 cm³/mol. The van der Waals surface area contributed by atoms with E-state index in [1.807, 2.05) is 18.3 Å². The number of aromatic nitrogens is 3. The van der Waals surface area contributed by atoms with Gasteiger partial charge in [0, 0.05) is 60.8 Å². The maximum atomic E-state index is 4.63. The zero-order valence-electron chi connectivity index (χ0n) is 30.4. The molecule has 0 bridgehead atoms. The van der Waals surface area contributed by atoms with Crippen LogP contribution < -0.4 is 0 Å². The van der Waals surface area contributed by atoms with Crippen LogP contribution in [0.2, 0.25) is 0 Å². The minimum absolute atomic E-state index is 0.979. The number of hydrogen-bond donors (Lipinski definition) is 0. The van der Waals surface area contributed by atoms with Gasteiger partial charge in [-0.2, -0.15) is 0 Å². The first kappa shape index (κ1) is 30.9. The molecular formula is C53H33N3. The molecule has 9 aromatic carbocycles. The van der Waals surface area contributed by atoms with E-state index in [-0.39, 0.29) is 0 Å². The SMILES string of the molecule is c1ccc(-n2c3ccccc3c3c4c5ccc6ccccc6c5n(-c5ccccc5)c4c4ccc(-c5cccc6cc(-c7ccccn7)ccc56)cc4c32)cc1. The average molecular weight is 712 g/mol. The highest BCUT2D eigenvalue weighted by atomic mass is 15.0. The molecule has 12 aromatic rings. The van der Waals surface area contributed by atoms with E-state index in [4.69, 9.17) is 0 Å². The number of fused-ring (bicyclic) bond motifs is 13. The third-order valence-corrected chi connectivity index (χ3v) is 11.7. The van der Waals surface area contributed by atoms with Gasteiger partial charge in [0.25, 0.3) is 0 Å². The van der Waals surface area contributed by atoms with Gasteiger partial charge in [0.05, 0.1) is 27.8 Å². The summed E-state index contributed by atoms with van der Waals surface area (Å²) in [5, 5.41) is 12.4. The first-order valence-corrected chi connectivity index (χ1v) is 19.2. The van der Waals surface area contributed by atoms with Gasteiger partial charge >= 0.3 is 0 Å². The van der Waals surface area contributed by atoms with Crippen molar-refractivity contribution in [3.05, 3.63) is 200 Å². The summed E-state index contributed by atoms with van der Waals surface area (Å²) in [4.78, 5) is 4.63. The smallest absolute Gasteiger partial charge is 0.0702 e. The van der Waals surface area contributed by atoms with E-state index in [2.05, 4.69) is 196 Å². The van der Waals surface area contributed by atoms with E-state index in [9.17, 15) is 0 Å². The van der Waals surface area contributed by atoms with Crippen molar-refractivity contribution >= 4 is 75.9 Å². The first-order valence-electron chi connectivity index (χ1n) is 19.2. The average Bonchev–Trinajstić information content (AvgIpc) is 3.81. The number of benzene rings is 9. The second kappa shape index (κ2) is 12.0. The normalized spacial score (nSPS) is 11.9. The third kappa shape index (κ3) is 4.43. The van der Waals surface area contributed by atoms with Crippen LogP contribution in [0, 0.1) is 0 Å². The Morgan fingerprint density at radius 1 is 0.339 bits per heavy atom. The molecule has 0 saturated heterocycles. The van der Waals surface area contributed by atoms with Gasteiger partial charge in [-0.1, -0.05) is 140 Å². The van der Waals surface area contributed by atoms with Crippen molar-refractivity contribution in [2.75, 3.05) is 0 Å². The molecule has 0 saturated carbocycles. The Balaban J connectivity index is 1.28. The number of para-hydroxylation sites is 3. The Morgan fingerprint density at radius 2 is 0.982 bits per heavy atom. The van der Waals surface area contributed by atoms with Gasteiger partial charge in [-0.05, 0) is 81.9 Å². The van der Waals surface area contributed by atoms with Crippen LogP contribution in [0.15, 0.2) is 200 Å². The van der Waals surface area contributed by atoms with E-state index in [0.29, 0.717) is 0 Å². The number of hydrogen-bond acceptors (Lipinski definition) is 1. The second-order valence-corrected chi connectivity index (χ2v) is 14.7. The van der Waals surface area contributed by atoms with Gasteiger partial charge in [-0.25, -0.2) is 0 Å². The fraction of sp³-hybridized carbons (Fsp3) is 0. The molecule has 0 aliphatic rings. The molecule has 0 amide bonds. The highest BCUT2D eigenvalue weighted by Gasteiger charge is 2.25. The van der Waals surface area contributed by atoms with Crippen molar-refractivity contribution in [1.82, 2.24) is 14.1 Å². The van der Waals surface area contributed by atoms with Crippen LogP contribution in [0.25, 0.3) is 110 Å². The minimum Gasteiger partial charge on any atom is -0.309 e. The zero-order valence-corrected chi connectivity index (χ0v) is 30.4. The van der Waals surface area contributed by atoms with Crippen molar-refractivity contribution in [3.8, 4) is 33.8 Å². The van der Waals surface area contributed by atoms with Crippen LogP contribution in [0.1, 0.15) is 0 Å². The van der Waals surface area contributed by atoms with Crippen LogP contribution in [0.5, 0.6) is 0 Å². The van der Waals surface area contributed by atoms with Gasteiger partial charge in [-0.15, -0.1) is 0 Å². The van der Waals surface area contributed by atoms with E-state index in [0.717, 1.165) is 22.6 Å². The highest BCUT2D eigenvalue weighted by molar-refractivity contribution is 6.39. The molecule has 3 heterocycles. The lowest BCUT2D eigenvalue weighted by Crippen LogP contribution is -1.97. The molecule has 12 rings (SSSR count). The van der Waals surface area contributed by atoms with Crippen molar-refractivity contribution in [2.45, 2.75) is 0 Å². The largest absolute Gasteiger partial charge is 0.309 e. The van der Waals surface area contributed by atoms with Crippen LogP contribution in [0.4, 0.5) is 0 Å². The summed E-state index contributed by atoms with van der Waals surface area (Å²) in [5.74, 6) is 0. The molecule has 0 spiro atoms. The third-order valence-electron chi connectivity index (χ3n) is 11.7. The lowest BCUT2D eigenvalue weighted by atomic mass is 9.93. The second-order valence-electron chi connectivity index (χ2n) is 14.7. The van der Waals surface area contributed by atoms with Crippen molar-refractivity contribution in [2.24, 2.45) is 0 Å². The maximum Gasteiger partial charge on any atom is 0.0702 e. The van der Waals surface area contributed by atoms with E-state index in [1.54, 1.807) is 0 Å². The first-order chi connectivity index (χ1) is 27.8. The van der Waals surface area contributed by atoms with Gasteiger partial charge in [-0.3, -0.25) is 4.98 Å². The quantitative estimate of drug-likeness (QED) is 0.178. The fourth-order valence-corrected chi connectivity index (χ4v) is 9.33. The summed E-state index contributed by atoms with van der Waals surface area (Å²) in [7, 11) is 0. The molecule has 0 radical (unpaired) electrons. The Bertz CT molecular complexity index is 3500. The molecular weight excluding hydrogens is 679 g/mol. The summed E-state index contributed by atoms with van der Waals surface area (Å²) in [5.41, 5.74) is 11.7. The van der Waals surface area contributed by atoms with E-state index in [1.165, 1.54) is 87.1 Å². The Hall–Kier alpha value is -7.49. The van der Waals surface area contributed by atoms with Crippen LogP contribution >= 0.6 is 0 Å². The Labute approximate surface area is 322 Å². The Morgan fingerprint density at radius 3 is 1.80 bits per heavy atom. The minimum atomic E-state index is 0.979. The summed E-state index contributed by atoms with van der Waals surface area (Å²) in [6.07, 6.45) is 1.86. The predicted octanol–water partition coefficient (Wildman–Crippen LogP) is 14.1. The maximum absolute atomic E-state index is 4.63. The molecule has 260 valence electrons. The summed E-state index contributed by atoms with van der Waals surface area (Å²) in [6.45, 7) is 0. The zero-order chi connectivity index (χ0) is 36.7. The number of pyridine rings is 1. The van der Waals surface area contributed by atoms with Crippen molar-refractivity contribution in [1.29, 1.82) is 0 Å². The standard InChI is InChI=1S/C53H33N3/c1-3-16-38(17-4-1)55-48-24-10-9-21-44(48)49-50-45-30-25-34-14-7-8-20-42(34)51(45)56(39-18-5-2-6-19-39)52(50)43-29-26-36(33-46(43)53(49)55)40-22-13-15-35-32-37(27-28-41(35)40)47-23-11-12-31-54-47/h1-33H. The molecule has 0 fully saturated rings. The van der Waals surface area contributed by atoms with Gasteiger partial charge < -0.3 is 9.13 Å². The molecule has 3 heteroatoms.